The number of halogens is 1. The maximum Gasteiger partial charge on any atom is 0.275 e. The first kappa shape index (κ1) is 12.9. The van der Waals surface area contributed by atoms with Crippen LogP contribution >= 0.6 is 11.6 Å². The van der Waals surface area contributed by atoms with Gasteiger partial charge in [-0.25, -0.2) is 4.99 Å². The molecular formula is C16H13ClN2O. The molecule has 0 saturated carbocycles. The van der Waals surface area contributed by atoms with Crippen LogP contribution in [0.4, 0.5) is 11.4 Å². The van der Waals surface area contributed by atoms with Gasteiger partial charge in [0.25, 0.3) is 5.91 Å². The van der Waals surface area contributed by atoms with Crippen molar-refractivity contribution in [2.45, 2.75) is 13.8 Å². The molecule has 2 aromatic rings. The van der Waals surface area contributed by atoms with Gasteiger partial charge in [-0.15, -0.1) is 0 Å². The number of carbonyl (C=O) groups excluding carboxylic acids is 1. The Morgan fingerprint density at radius 2 is 1.85 bits per heavy atom. The zero-order valence-electron chi connectivity index (χ0n) is 11.2. The first-order valence-electron chi connectivity index (χ1n) is 6.32. The molecule has 0 spiro atoms. The number of anilines is 1. The average Bonchev–Trinajstić information content (AvgIpc) is 2.70. The van der Waals surface area contributed by atoms with E-state index in [2.05, 4.69) is 10.3 Å². The fourth-order valence-electron chi connectivity index (χ4n) is 2.16. The molecular weight excluding hydrogens is 272 g/mol. The van der Waals surface area contributed by atoms with Crippen LogP contribution in [0.1, 0.15) is 16.7 Å². The highest BCUT2D eigenvalue weighted by Gasteiger charge is 2.26. The summed E-state index contributed by atoms with van der Waals surface area (Å²) < 4.78 is 0. The van der Waals surface area contributed by atoms with Crippen LogP contribution in [-0.4, -0.2) is 11.6 Å². The highest BCUT2D eigenvalue weighted by atomic mass is 35.5. The van der Waals surface area contributed by atoms with E-state index in [0.717, 1.165) is 22.5 Å². The maximum atomic E-state index is 12.0. The lowest BCUT2D eigenvalue weighted by Crippen LogP contribution is -2.13. The Labute approximate surface area is 122 Å². The molecule has 1 heterocycles. The number of nitrogens with zero attached hydrogens (tertiary/aromatic N) is 1. The van der Waals surface area contributed by atoms with Crippen LogP contribution in [-0.2, 0) is 4.79 Å². The second kappa shape index (κ2) is 4.76. The summed E-state index contributed by atoms with van der Waals surface area (Å²) in [5, 5.41) is 3.38. The lowest BCUT2D eigenvalue weighted by atomic mass is 10.1. The van der Waals surface area contributed by atoms with Crippen LogP contribution < -0.4 is 5.32 Å². The number of aliphatic imine (C=N–C) groups is 1. The highest BCUT2D eigenvalue weighted by Crippen LogP contribution is 2.28. The van der Waals surface area contributed by atoms with Crippen molar-refractivity contribution in [3.8, 4) is 0 Å². The van der Waals surface area contributed by atoms with Crippen molar-refractivity contribution in [2.24, 2.45) is 4.99 Å². The Kier molecular flexibility index (Phi) is 3.07. The lowest BCUT2D eigenvalue weighted by molar-refractivity contribution is -0.110. The van der Waals surface area contributed by atoms with Crippen LogP contribution in [0.5, 0.6) is 0 Å². The van der Waals surface area contributed by atoms with Gasteiger partial charge in [0.05, 0.1) is 11.4 Å². The Hall–Kier alpha value is -2.13. The monoisotopic (exact) mass is 284 g/mol. The minimum absolute atomic E-state index is 0.194. The summed E-state index contributed by atoms with van der Waals surface area (Å²) in [5.74, 6) is -0.194. The highest BCUT2D eigenvalue weighted by molar-refractivity contribution is 6.54. The molecule has 1 amide bonds. The summed E-state index contributed by atoms with van der Waals surface area (Å²) in [6.07, 6.45) is 0. The number of nitrogens with one attached hydrogen (secondary N) is 1. The van der Waals surface area contributed by atoms with Crippen molar-refractivity contribution in [1.29, 1.82) is 0 Å². The third-order valence-electron chi connectivity index (χ3n) is 3.43. The quantitative estimate of drug-likeness (QED) is 0.844. The molecule has 0 fully saturated rings. The predicted octanol–water partition coefficient (Wildman–Crippen LogP) is 4.03. The van der Waals surface area contributed by atoms with E-state index in [1.807, 2.05) is 32.0 Å². The Bertz CT molecular complexity index is 750. The molecule has 3 nitrogen and oxygen atoms in total. The smallest absolute Gasteiger partial charge is 0.275 e. The molecule has 1 aliphatic rings. The summed E-state index contributed by atoms with van der Waals surface area (Å²) in [7, 11) is 0. The molecule has 0 radical (unpaired) electrons. The van der Waals surface area contributed by atoms with Gasteiger partial charge in [-0.2, -0.15) is 0 Å². The van der Waals surface area contributed by atoms with E-state index >= 15 is 0 Å². The fraction of sp³-hybridized carbons (Fsp3) is 0.125. The molecule has 1 N–H and O–H groups in total. The molecule has 4 heteroatoms. The van der Waals surface area contributed by atoms with Gasteiger partial charge in [0.15, 0.2) is 0 Å². The average molecular weight is 285 g/mol. The Morgan fingerprint density at radius 3 is 2.60 bits per heavy atom. The van der Waals surface area contributed by atoms with Crippen LogP contribution in [0, 0.1) is 13.8 Å². The zero-order valence-corrected chi connectivity index (χ0v) is 12.0. The molecule has 1 aliphatic heterocycles. The molecule has 0 atom stereocenters. The molecule has 100 valence electrons. The van der Waals surface area contributed by atoms with E-state index in [0.29, 0.717) is 10.7 Å². The normalized spacial score (nSPS) is 15.3. The van der Waals surface area contributed by atoms with Crippen molar-refractivity contribution in [1.82, 2.24) is 0 Å². The molecule has 0 saturated heterocycles. The van der Waals surface area contributed by atoms with Crippen molar-refractivity contribution >= 4 is 34.6 Å². The van der Waals surface area contributed by atoms with Crippen molar-refractivity contribution in [3.63, 3.8) is 0 Å². The van der Waals surface area contributed by atoms with Gasteiger partial charge >= 0.3 is 0 Å². The standard InChI is InChI=1S/C16H13ClN2O/c1-9-3-5-12(7-10(9)2)18-15-13-8-11(17)4-6-14(13)19-16(15)20/h3-8H,1-2H3,(H,18,19,20). The van der Waals surface area contributed by atoms with Gasteiger partial charge in [-0.3, -0.25) is 4.79 Å². The number of hydrogen-bond acceptors (Lipinski definition) is 2. The zero-order chi connectivity index (χ0) is 14.3. The minimum atomic E-state index is -0.194. The van der Waals surface area contributed by atoms with Crippen LogP contribution in [0.3, 0.4) is 0 Å². The van der Waals surface area contributed by atoms with Gasteiger partial charge in [0.1, 0.15) is 5.71 Å². The summed E-state index contributed by atoms with van der Waals surface area (Å²) >= 11 is 5.99. The van der Waals surface area contributed by atoms with Crippen LogP contribution in [0.15, 0.2) is 41.4 Å². The minimum Gasteiger partial charge on any atom is -0.320 e. The summed E-state index contributed by atoms with van der Waals surface area (Å²) in [6.45, 7) is 4.07. The second-order valence-corrected chi connectivity index (χ2v) is 5.31. The van der Waals surface area contributed by atoms with E-state index in [4.69, 9.17) is 11.6 Å². The number of fused-ring (bicyclic) bond motifs is 1. The Balaban J connectivity index is 2.10. The van der Waals surface area contributed by atoms with E-state index in [9.17, 15) is 4.79 Å². The van der Waals surface area contributed by atoms with Gasteiger partial charge < -0.3 is 5.32 Å². The summed E-state index contributed by atoms with van der Waals surface area (Å²) in [6, 6.07) is 11.2. The van der Waals surface area contributed by atoms with E-state index in [-0.39, 0.29) is 5.91 Å². The third kappa shape index (κ3) is 2.21. The number of amides is 1. The van der Waals surface area contributed by atoms with Crippen molar-refractivity contribution in [2.75, 3.05) is 5.32 Å². The lowest BCUT2D eigenvalue weighted by Gasteiger charge is -2.02. The molecule has 3 rings (SSSR count). The van der Waals surface area contributed by atoms with Crippen LogP contribution in [0.2, 0.25) is 5.02 Å². The molecule has 0 bridgehead atoms. The number of hydrogen-bond donors (Lipinski definition) is 1. The topological polar surface area (TPSA) is 41.5 Å². The van der Waals surface area contributed by atoms with Gasteiger partial charge in [0.2, 0.25) is 0 Å². The molecule has 20 heavy (non-hydrogen) atoms. The van der Waals surface area contributed by atoms with E-state index in [1.165, 1.54) is 5.56 Å². The molecule has 0 aliphatic carbocycles. The second-order valence-electron chi connectivity index (χ2n) is 4.87. The van der Waals surface area contributed by atoms with Crippen molar-refractivity contribution in [3.05, 3.63) is 58.1 Å². The third-order valence-corrected chi connectivity index (χ3v) is 3.67. The largest absolute Gasteiger partial charge is 0.320 e. The number of carbonyl (C=O) groups is 1. The number of benzene rings is 2. The SMILES string of the molecule is Cc1ccc(N=C2C(=O)Nc3ccc(Cl)cc32)cc1C. The summed E-state index contributed by atoms with van der Waals surface area (Å²) in [4.78, 5) is 16.5. The fourth-order valence-corrected chi connectivity index (χ4v) is 2.33. The maximum absolute atomic E-state index is 12.0. The van der Waals surface area contributed by atoms with E-state index in [1.54, 1.807) is 18.2 Å². The van der Waals surface area contributed by atoms with Gasteiger partial charge in [-0.1, -0.05) is 17.7 Å². The van der Waals surface area contributed by atoms with E-state index < -0.39 is 0 Å². The summed E-state index contributed by atoms with van der Waals surface area (Å²) in [5.41, 5.74) is 5.03. The van der Waals surface area contributed by atoms with Gasteiger partial charge in [0, 0.05) is 10.6 Å². The van der Waals surface area contributed by atoms with Crippen molar-refractivity contribution < 1.29 is 4.79 Å². The number of aryl methyl sites for hydroxylation is 2. The Morgan fingerprint density at radius 1 is 1.05 bits per heavy atom. The predicted molar refractivity (Wildman–Crippen MR) is 82.2 cm³/mol. The molecule has 2 aromatic carbocycles. The molecule has 0 unspecified atom stereocenters. The molecule has 0 aromatic heterocycles. The van der Waals surface area contributed by atoms with Gasteiger partial charge in [-0.05, 0) is 55.3 Å². The van der Waals surface area contributed by atoms with Crippen LogP contribution in [0.25, 0.3) is 0 Å². The first-order valence-corrected chi connectivity index (χ1v) is 6.69. The first-order chi connectivity index (χ1) is 9.54. The number of rotatable bonds is 1.